The minimum absolute atomic E-state index is 1.38. The molecule has 0 nitrogen and oxygen atoms in total. The first-order chi connectivity index (χ1) is 8.74. The van der Waals surface area contributed by atoms with Gasteiger partial charge in [0.15, 0.2) is 0 Å². The Morgan fingerprint density at radius 1 is 0.444 bits per heavy atom. The first-order valence-electron chi connectivity index (χ1n) is 8.74. The van der Waals surface area contributed by atoms with Crippen LogP contribution in [-0.2, 0) is 0 Å². The average Bonchev–Trinajstić information content (AvgIpc) is 2.35. The second kappa shape index (κ2) is 12.8. The molecular formula is C17H38Sn. The Bertz CT molecular complexity index is 148. The van der Waals surface area contributed by atoms with Crippen molar-refractivity contribution in [3.63, 3.8) is 0 Å². The van der Waals surface area contributed by atoms with Crippen molar-refractivity contribution < 1.29 is 0 Å². The van der Waals surface area contributed by atoms with Gasteiger partial charge in [-0.2, -0.15) is 0 Å². The molecular weight excluding hydrogens is 323 g/mol. The van der Waals surface area contributed by atoms with Gasteiger partial charge in [-0.1, -0.05) is 0 Å². The summed E-state index contributed by atoms with van der Waals surface area (Å²) in [7, 11) is 0. The number of rotatable bonds is 13. The van der Waals surface area contributed by atoms with Gasteiger partial charge in [-0.15, -0.1) is 0 Å². The van der Waals surface area contributed by atoms with Crippen molar-refractivity contribution >= 4 is 18.4 Å². The van der Waals surface area contributed by atoms with E-state index in [2.05, 4.69) is 27.7 Å². The van der Waals surface area contributed by atoms with E-state index in [9.17, 15) is 0 Å². The fraction of sp³-hybridized carbons (Fsp3) is 1.00. The molecule has 0 aromatic carbocycles. The Balaban J connectivity index is 3.97. The first-order valence-corrected chi connectivity index (χ1v) is 16.8. The molecule has 18 heavy (non-hydrogen) atoms. The van der Waals surface area contributed by atoms with Crippen LogP contribution in [0.1, 0.15) is 85.5 Å². The van der Waals surface area contributed by atoms with Crippen molar-refractivity contribution in [3.8, 4) is 0 Å². The maximum absolute atomic E-state index is 2.41. The third kappa shape index (κ3) is 8.82. The molecule has 0 saturated carbocycles. The number of hydrogen-bond acceptors (Lipinski definition) is 0. The Hall–Kier alpha value is 0.799. The van der Waals surface area contributed by atoms with Gasteiger partial charge in [0.05, 0.1) is 0 Å². The van der Waals surface area contributed by atoms with E-state index < -0.39 is 18.4 Å². The van der Waals surface area contributed by atoms with Crippen molar-refractivity contribution in [3.05, 3.63) is 0 Å². The molecule has 0 aliphatic rings. The van der Waals surface area contributed by atoms with E-state index in [0.717, 1.165) is 0 Å². The van der Waals surface area contributed by atoms with E-state index in [-0.39, 0.29) is 0 Å². The second-order valence-electron chi connectivity index (χ2n) is 6.27. The molecule has 110 valence electrons. The molecule has 0 aliphatic carbocycles. The quantitative estimate of drug-likeness (QED) is 0.244. The van der Waals surface area contributed by atoms with Gasteiger partial charge in [0.25, 0.3) is 0 Å². The van der Waals surface area contributed by atoms with E-state index in [1.54, 1.807) is 24.2 Å². The summed E-state index contributed by atoms with van der Waals surface area (Å²) in [6, 6.07) is 0. The standard InChI is InChI=1S/C8H17.3C3H7.Sn/c1-3-5-7-8-6-4-2;3*1-3-2;/h1,3-8H2,2H3;3*1,3H2,2H3;. The van der Waals surface area contributed by atoms with Crippen molar-refractivity contribution in [2.24, 2.45) is 0 Å². The molecule has 0 aromatic heterocycles. The number of unbranched alkanes of at least 4 members (excludes halogenated alkanes) is 5. The van der Waals surface area contributed by atoms with Crippen LogP contribution in [0.5, 0.6) is 0 Å². The molecule has 0 spiro atoms. The van der Waals surface area contributed by atoms with Crippen LogP contribution >= 0.6 is 0 Å². The van der Waals surface area contributed by atoms with Crippen LogP contribution in [0.4, 0.5) is 0 Å². The van der Waals surface area contributed by atoms with Crippen LogP contribution in [-0.4, -0.2) is 18.4 Å². The van der Waals surface area contributed by atoms with E-state index in [0.29, 0.717) is 0 Å². The average molecular weight is 361 g/mol. The van der Waals surface area contributed by atoms with E-state index in [1.165, 1.54) is 51.4 Å². The van der Waals surface area contributed by atoms with Gasteiger partial charge < -0.3 is 0 Å². The summed E-state index contributed by atoms with van der Waals surface area (Å²) in [5.41, 5.74) is 0. The molecule has 0 rings (SSSR count). The predicted molar refractivity (Wildman–Crippen MR) is 89.2 cm³/mol. The van der Waals surface area contributed by atoms with E-state index >= 15 is 0 Å². The summed E-state index contributed by atoms with van der Waals surface area (Å²) in [4.78, 5) is 0. The van der Waals surface area contributed by atoms with Crippen LogP contribution in [0.25, 0.3) is 0 Å². The first kappa shape index (κ1) is 18.8. The summed E-state index contributed by atoms with van der Waals surface area (Å²) < 4.78 is 6.72. The van der Waals surface area contributed by atoms with Gasteiger partial charge in [0.2, 0.25) is 0 Å². The van der Waals surface area contributed by atoms with Gasteiger partial charge in [-0.3, -0.25) is 0 Å². The normalized spacial score (nSPS) is 12.0. The molecule has 0 fully saturated rings. The van der Waals surface area contributed by atoms with Crippen molar-refractivity contribution in [1.82, 2.24) is 0 Å². The summed E-state index contributed by atoms with van der Waals surface area (Å²) in [6.07, 6.45) is 13.3. The molecule has 0 heterocycles. The monoisotopic (exact) mass is 362 g/mol. The fourth-order valence-electron chi connectivity index (χ4n) is 3.62. The Labute approximate surface area is 121 Å². The molecule has 0 saturated heterocycles. The van der Waals surface area contributed by atoms with Crippen LogP contribution in [0.2, 0.25) is 17.7 Å². The van der Waals surface area contributed by atoms with E-state index in [1.807, 2.05) is 0 Å². The number of hydrogen-bond donors (Lipinski definition) is 0. The summed E-state index contributed by atoms with van der Waals surface area (Å²) >= 11 is -1.66. The van der Waals surface area contributed by atoms with Crippen molar-refractivity contribution in [2.45, 2.75) is 103 Å². The van der Waals surface area contributed by atoms with Crippen LogP contribution in [0.3, 0.4) is 0 Å². The zero-order valence-corrected chi connectivity index (χ0v) is 16.5. The molecule has 0 radical (unpaired) electrons. The van der Waals surface area contributed by atoms with Crippen LogP contribution in [0.15, 0.2) is 0 Å². The minimum atomic E-state index is -1.66. The molecule has 0 N–H and O–H groups in total. The Morgan fingerprint density at radius 3 is 1.33 bits per heavy atom. The third-order valence-corrected chi connectivity index (χ3v) is 21.8. The molecule has 0 amide bonds. The molecule has 0 aliphatic heterocycles. The molecule has 0 unspecified atom stereocenters. The van der Waals surface area contributed by atoms with Gasteiger partial charge >= 0.3 is 122 Å². The summed E-state index contributed by atoms with van der Waals surface area (Å²) in [6.45, 7) is 9.56. The summed E-state index contributed by atoms with van der Waals surface area (Å²) in [5, 5.41) is 0. The zero-order chi connectivity index (χ0) is 13.7. The molecule has 0 atom stereocenters. The van der Waals surface area contributed by atoms with E-state index in [4.69, 9.17) is 0 Å². The SMILES string of the molecule is CCCCCCC[CH2][Sn]([CH2]CC)([CH2]CC)[CH2]CC. The molecule has 1 heteroatoms. The topological polar surface area (TPSA) is 0 Å². The summed E-state index contributed by atoms with van der Waals surface area (Å²) in [5.74, 6) is 0. The maximum atomic E-state index is 2.41. The third-order valence-electron chi connectivity index (χ3n) is 4.40. The van der Waals surface area contributed by atoms with Crippen molar-refractivity contribution in [2.75, 3.05) is 0 Å². The second-order valence-corrected chi connectivity index (χ2v) is 20.5. The Kier molecular flexibility index (Phi) is 13.4. The molecule has 0 aromatic rings. The van der Waals surface area contributed by atoms with Gasteiger partial charge in [-0.25, -0.2) is 0 Å². The Morgan fingerprint density at radius 2 is 0.889 bits per heavy atom. The van der Waals surface area contributed by atoms with Gasteiger partial charge in [-0.05, 0) is 0 Å². The zero-order valence-electron chi connectivity index (χ0n) is 13.7. The fourth-order valence-corrected chi connectivity index (χ4v) is 19.8. The van der Waals surface area contributed by atoms with Gasteiger partial charge in [0.1, 0.15) is 0 Å². The molecule has 0 bridgehead atoms. The van der Waals surface area contributed by atoms with Crippen molar-refractivity contribution in [1.29, 1.82) is 0 Å². The van der Waals surface area contributed by atoms with Crippen LogP contribution in [0, 0.1) is 0 Å². The van der Waals surface area contributed by atoms with Crippen LogP contribution < -0.4 is 0 Å². The van der Waals surface area contributed by atoms with Gasteiger partial charge in [0, 0.05) is 0 Å². The predicted octanol–water partition coefficient (Wildman–Crippen LogP) is 7.03.